The molecule has 1 aliphatic rings. The average Bonchev–Trinajstić information content (AvgIpc) is 2.75. The highest BCUT2D eigenvalue weighted by molar-refractivity contribution is 8.40. The number of nitrogens with zero attached hydrogens (tertiary/aromatic N) is 3. The molecule has 0 radical (unpaired) electrons. The second kappa shape index (κ2) is 4.88. The maximum Gasteiger partial charge on any atom is 0.285 e. The summed E-state index contributed by atoms with van der Waals surface area (Å²) in [4.78, 5) is 16.1. The predicted molar refractivity (Wildman–Crippen MR) is 74.5 cm³/mol. The van der Waals surface area contributed by atoms with E-state index in [1.807, 2.05) is 13.2 Å². The van der Waals surface area contributed by atoms with E-state index in [1.54, 1.807) is 17.8 Å². The van der Waals surface area contributed by atoms with Crippen LogP contribution in [0.5, 0.6) is 0 Å². The SMILES string of the molecule is CSC1=NC(=O)C(=Cc2c(C)nn(C)c2Cl)S1. The molecule has 0 N–H and O–H groups in total. The molecule has 0 spiro atoms. The summed E-state index contributed by atoms with van der Waals surface area (Å²) in [7, 11) is 1.77. The first-order valence-corrected chi connectivity index (χ1v) is 7.20. The summed E-state index contributed by atoms with van der Waals surface area (Å²) in [5, 5.41) is 4.72. The topological polar surface area (TPSA) is 47.2 Å². The summed E-state index contributed by atoms with van der Waals surface area (Å²) in [5.41, 5.74) is 1.58. The van der Waals surface area contributed by atoms with Gasteiger partial charge >= 0.3 is 0 Å². The van der Waals surface area contributed by atoms with Crippen molar-refractivity contribution in [2.45, 2.75) is 6.92 Å². The first kappa shape index (κ1) is 12.7. The minimum Gasteiger partial charge on any atom is -0.266 e. The molecule has 1 amide bonds. The lowest BCUT2D eigenvalue weighted by molar-refractivity contribution is -0.113. The summed E-state index contributed by atoms with van der Waals surface area (Å²) in [5.74, 6) is -0.210. The Morgan fingerprint density at radius 1 is 1.53 bits per heavy atom. The first-order chi connectivity index (χ1) is 8.02. The third-order valence-corrected chi connectivity index (χ3v) is 4.66. The smallest absolute Gasteiger partial charge is 0.266 e. The number of aryl methyl sites for hydroxylation is 2. The molecular weight excluding hydrogens is 278 g/mol. The van der Waals surface area contributed by atoms with Crippen LogP contribution < -0.4 is 0 Å². The van der Waals surface area contributed by atoms with Gasteiger partial charge < -0.3 is 0 Å². The molecule has 0 bridgehead atoms. The highest BCUT2D eigenvalue weighted by atomic mass is 35.5. The van der Waals surface area contributed by atoms with E-state index in [0.717, 1.165) is 15.6 Å². The number of carbonyl (C=O) groups excluding carboxylic acids is 1. The van der Waals surface area contributed by atoms with Crippen LogP contribution in [-0.4, -0.2) is 26.3 Å². The molecule has 0 fully saturated rings. The largest absolute Gasteiger partial charge is 0.285 e. The normalized spacial score (nSPS) is 18.0. The monoisotopic (exact) mass is 287 g/mol. The Morgan fingerprint density at radius 2 is 2.24 bits per heavy atom. The fourth-order valence-electron chi connectivity index (χ4n) is 1.42. The zero-order valence-corrected chi connectivity index (χ0v) is 11.9. The molecule has 0 atom stereocenters. The van der Waals surface area contributed by atoms with Crippen LogP contribution in [0.3, 0.4) is 0 Å². The van der Waals surface area contributed by atoms with Gasteiger partial charge in [-0.3, -0.25) is 9.48 Å². The Morgan fingerprint density at radius 3 is 2.71 bits per heavy atom. The van der Waals surface area contributed by atoms with E-state index in [1.165, 1.54) is 23.5 Å². The maximum absolute atomic E-state index is 11.6. The van der Waals surface area contributed by atoms with Crippen LogP contribution in [0.1, 0.15) is 11.3 Å². The van der Waals surface area contributed by atoms with E-state index in [4.69, 9.17) is 11.6 Å². The number of rotatable bonds is 1. The highest BCUT2D eigenvalue weighted by Gasteiger charge is 2.22. The minimum atomic E-state index is -0.210. The highest BCUT2D eigenvalue weighted by Crippen LogP contribution is 2.34. The van der Waals surface area contributed by atoms with E-state index in [2.05, 4.69) is 10.1 Å². The lowest BCUT2D eigenvalue weighted by atomic mass is 10.2. The van der Waals surface area contributed by atoms with Gasteiger partial charge in [0.15, 0.2) is 0 Å². The summed E-state index contributed by atoms with van der Waals surface area (Å²) < 4.78 is 2.35. The fraction of sp³-hybridized carbons (Fsp3) is 0.300. The van der Waals surface area contributed by atoms with Gasteiger partial charge in [0.2, 0.25) is 0 Å². The average molecular weight is 288 g/mol. The first-order valence-electron chi connectivity index (χ1n) is 4.78. The van der Waals surface area contributed by atoms with Gasteiger partial charge in [-0.15, -0.1) is 11.8 Å². The van der Waals surface area contributed by atoms with Crippen LogP contribution in [0.2, 0.25) is 5.15 Å². The number of carbonyl (C=O) groups is 1. The van der Waals surface area contributed by atoms with E-state index < -0.39 is 0 Å². The quantitative estimate of drug-likeness (QED) is 0.745. The van der Waals surface area contributed by atoms with E-state index >= 15 is 0 Å². The standard InChI is InChI=1S/C10H10ClN3OS2/c1-5-6(8(11)14(2)13-5)4-7-9(15)12-10(16-3)17-7/h4H,1-3H3. The van der Waals surface area contributed by atoms with Crippen molar-refractivity contribution in [3.8, 4) is 0 Å². The van der Waals surface area contributed by atoms with Crippen LogP contribution in [0.15, 0.2) is 9.90 Å². The Hall–Kier alpha value is -0.720. The van der Waals surface area contributed by atoms with Crippen LogP contribution in [0, 0.1) is 6.92 Å². The molecule has 0 unspecified atom stereocenters. The number of hydrogen-bond acceptors (Lipinski definition) is 4. The van der Waals surface area contributed by atoms with Crippen LogP contribution in [0.4, 0.5) is 0 Å². The molecule has 2 heterocycles. The third-order valence-electron chi connectivity index (χ3n) is 2.25. The Labute approximate surface area is 113 Å². The molecule has 7 heteroatoms. The second-order valence-electron chi connectivity index (χ2n) is 3.41. The van der Waals surface area contributed by atoms with Crippen molar-refractivity contribution in [1.29, 1.82) is 0 Å². The van der Waals surface area contributed by atoms with E-state index in [0.29, 0.717) is 10.1 Å². The van der Waals surface area contributed by atoms with Gasteiger partial charge in [0, 0.05) is 12.6 Å². The molecule has 0 saturated heterocycles. The summed E-state index contributed by atoms with van der Waals surface area (Å²) in [6, 6.07) is 0. The molecule has 90 valence electrons. The van der Waals surface area contributed by atoms with Gasteiger partial charge in [0.25, 0.3) is 5.91 Å². The van der Waals surface area contributed by atoms with Crippen molar-refractivity contribution in [2.24, 2.45) is 12.0 Å². The Kier molecular flexibility index (Phi) is 3.65. The van der Waals surface area contributed by atoms with Gasteiger partial charge in [0.1, 0.15) is 9.53 Å². The fourth-order valence-corrected chi connectivity index (χ4v) is 3.05. The predicted octanol–water partition coefficient (Wildman–Crippen LogP) is 2.72. The molecule has 17 heavy (non-hydrogen) atoms. The molecule has 4 nitrogen and oxygen atoms in total. The minimum absolute atomic E-state index is 0.210. The van der Waals surface area contributed by atoms with Crippen LogP contribution in [-0.2, 0) is 11.8 Å². The molecule has 0 aromatic carbocycles. The van der Waals surface area contributed by atoms with Crippen molar-refractivity contribution >= 4 is 51.5 Å². The molecule has 1 aliphatic heterocycles. The molecule has 2 rings (SSSR count). The van der Waals surface area contributed by atoms with E-state index in [9.17, 15) is 4.79 Å². The lowest BCUT2D eigenvalue weighted by Crippen LogP contribution is -1.89. The molecular formula is C10H10ClN3OS2. The lowest BCUT2D eigenvalue weighted by Gasteiger charge is -1.95. The van der Waals surface area contributed by atoms with Gasteiger partial charge in [-0.2, -0.15) is 10.1 Å². The third kappa shape index (κ3) is 2.43. The summed E-state index contributed by atoms with van der Waals surface area (Å²) in [6.07, 6.45) is 3.65. The maximum atomic E-state index is 11.6. The van der Waals surface area contributed by atoms with Crippen molar-refractivity contribution in [3.63, 3.8) is 0 Å². The number of thioether (sulfide) groups is 2. The zero-order valence-electron chi connectivity index (χ0n) is 9.52. The van der Waals surface area contributed by atoms with Crippen molar-refractivity contribution in [2.75, 3.05) is 6.26 Å². The van der Waals surface area contributed by atoms with Crippen LogP contribution >= 0.6 is 35.1 Å². The van der Waals surface area contributed by atoms with Crippen molar-refractivity contribution in [3.05, 3.63) is 21.3 Å². The summed E-state index contributed by atoms with van der Waals surface area (Å²) in [6.45, 7) is 1.86. The molecule has 0 saturated carbocycles. The van der Waals surface area contributed by atoms with Crippen LogP contribution in [0.25, 0.3) is 6.08 Å². The number of hydrogen-bond donors (Lipinski definition) is 0. The number of aromatic nitrogens is 2. The Bertz CT molecular complexity index is 548. The molecule has 0 aliphatic carbocycles. The second-order valence-corrected chi connectivity index (χ2v) is 5.85. The van der Waals surface area contributed by atoms with Gasteiger partial charge in [-0.05, 0) is 19.3 Å². The van der Waals surface area contributed by atoms with Gasteiger partial charge in [0.05, 0.1) is 10.6 Å². The zero-order chi connectivity index (χ0) is 12.6. The van der Waals surface area contributed by atoms with Crippen molar-refractivity contribution < 1.29 is 4.79 Å². The summed E-state index contributed by atoms with van der Waals surface area (Å²) >= 11 is 8.93. The van der Waals surface area contributed by atoms with Gasteiger partial charge in [-0.25, -0.2) is 0 Å². The molecule has 1 aromatic rings. The number of amides is 1. The molecule has 1 aromatic heterocycles. The van der Waals surface area contributed by atoms with Gasteiger partial charge in [-0.1, -0.05) is 23.4 Å². The van der Waals surface area contributed by atoms with E-state index in [-0.39, 0.29) is 5.91 Å². The number of halogens is 1. The Balaban J connectivity index is 2.36. The van der Waals surface area contributed by atoms with Crippen molar-refractivity contribution in [1.82, 2.24) is 9.78 Å². The number of aliphatic imine (C=N–C) groups is 1.